The Hall–Kier alpha value is -1.89. The van der Waals surface area contributed by atoms with Crippen LogP contribution in [0, 0.1) is 6.92 Å². The first-order valence-corrected chi connectivity index (χ1v) is 9.42. The van der Waals surface area contributed by atoms with Gasteiger partial charge in [0, 0.05) is 43.5 Å². The Morgan fingerprint density at radius 1 is 1.27 bits per heavy atom. The van der Waals surface area contributed by atoms with E-state index in [4.69, 9.17) is 14.6 Å². The van der Waals surface area contributed by atoms with E-state index in [1.807, 2.05) is 24.3 Å². The van der Waals surface area contributed by atoms with Crippen LogP contribution in [0.1, 0.15) is 42.1 Å². The van der Waals surface area contributed by atoms with E-state index in [2.05, 4.69) is 23.1 Å². The number of benzene rings is 1. The van der Waals surface area contributed by atoms with Crippen LogP contribution in [0.2, 0.25) is 0 Å². The molecular weight excluding hydrogens is 330 g/mol. The average molecular weight is 357 g/mol. The summed E-state index contributed by atoms with van der Waals surface area (Å²) >= 11 is 0. The third-order valence-corrected chi connectivity index (χ3v) is 5.66. The molecule has 2 aliphatic heterocycles. The van der Waals surface area contributed by atoms with Crippen LogP contribution in [0.15, 0.2) is 30.5 Å². The minimum atomic E-state index is -0.470. The molecule has 4 rings (SSSR count). The summed E-state index contributed by atoms with van der Waals surface area (Å²) in [6.07, 6.45) is 4.92. The van der Waals surface area contributed by atoms with E-state index in [0.717, 1.165) is 49.5 Å². The molecule has 140 valence electrons. The van der Waals surface area contributed by atoms with E-state index in [1.54, 1.807) is 0 Å². The molecule has 1 unspecified atom stereocenters. The van der Waals surface area contributed by atoms with Gasteiger partial charge in [-0.2, -0.15) is 5.10 Å². The third kappa shape index (κ3) is 3.24. The first-order valence-electron chi connectivity index (χ1n) is 9.42. The minimum absolute atomic E-state index is 0.0422. The molecule has 1 atom stereocenters. The number of nitrogens with zero attached hydrogens (tertiary/aromatic N) is 2. The number of fused-ring (bicyclic) bond motifs is 1. The lowest BCUT2D eigenvalue weighted by Crippen LogP contribution is -2.48. The van der Waals surface area contributed by atoms with E-state index in [-0.39, 0.29) is 6.61 Å². The molecule has 26 heavy (non-hydrogen) atoms. The number of aryl methyl sites for hydroxylation is 1. The molecule has 1 fully saturated rings. The maximum atomic E-state index is 10.2. The Bertz CT molecular complexity index is 755. The molecule has 0 amide bonds. The van der Waals surface area contributed by atoms with E-state index in [9.17, 15) is 5.11 Å². The van der Waals surface area contributed by atoms with E-state index < -0.39 is 5.54 Å². The summed E-state index contributed by atoms with van der Waals surface area (Å²) in [6.45, 7) is 4.98. The molecule has 6 nitrogen and oxygen atoms in total. The number of aliphatic hydroxyl groups excluding tert-OH is 1. The molecule has 0 bridgehead atoms. The highest BCUT2D eigenvalue weighted by molar-refractivity contribution is 5.41. The van der Waals surface area contributed by atoms with Crippen molar-refractivity contribution >= 4 is 0 Å². The third-order valence-electron chi connectivity index (χ3n) is 5.66. The van der Waals surface area contributed by atoms with Gasteiger partial charge in [0.25, 0.3) is 0 Å². The maximum Gasteiger partial charge on any atom is 0.124 e. The Morgan fingerprint density at radius 2 is 2.08 bits per heavy atom. The van der Waals surface area contributed by atoms with Gasteiger partial charge in [-0.3, -0.25) is 4.68 Å². The summed E-state index contributed by atoms with van der Waals surface area (Å²) in [4.78, 5) is 0. The number of para-hydroxylation sites is 1. The topological polar surface area (TPSA) is 68.5 Å². The van der Waals surface area contributed by atoms with Gasteiger partial charge in [-0.15, -0.1) is 0 Å². The number of nitrogens with one attached hydrogen (secondary N) is 1. The second kappa shape index (κ2) is 7.39. The average Bonchev–Trinajstić information content (AvgIpc) is 3.08. The Labute approximate surface area is 154 Å². The zero-order valence-electron chi connectivity index (χ0n) is 15.3. The second-order valence-electron chi connectivity index (χ2n) is 7.25. The van der Waals surface area contributed by atoms with Gasteiger partial charge in [0.15, 0.2) is 0 Å². The Morgan fingerprint density at radius 3 is 2.88 bits per heavy atom. The van der Waals surface area contributed by atoms with Crippen molar-refractivity contribution in [1.29, 1.82) is 0 Å². The molecule has 0 aliphatic carbocycles. The van der Waals surface area contributed by atoms with Crippen molar-refractivity contribution in [2.45, 2.75) is 44.3 Å². The summed E-state index contributed by atoms with van der Waals surface area (Å²) in [7, 11) is 0. The van der Waals surface area contributed by atoms with Gasteiger partial charge >= 0.3 is 0 Å². The van der Waals surface area contributed by atoms with Crippen molar-refractivity contribution in [3.63, 3.8) is 0 Å². The Kier molecular flexibility index (Phi) is 4.98. The number of aromatic nitrogens is 2. The molecule has 0 radical (unpaired) electrons. The molecule has 3 heterocycles. The fraction of sp³-hybridized carbons (Fsp3) is 0.550. The van der Waals surface area contributed by atoms with Gasteiger partial charge in [-0.25, -0.2) is 0 Å². The highest BCUT2D eigenvalue weighted by atomic mass is 16.5. The monoisotopic (exact) mass is 357 g/mol. The van der Waals surface area contributed by atoms with Crippen molar-refractivity contribution in [1.82, 2.24) is 15.1 Å². The van der Waals surface area contributed by atoms with E-state index in [1.165, 1.54) is 5.56 Å². The predicted molar refractivity (Wildman–Crippen MR) is 98.2 cm³/mol. The molecule has 6 heteroatoms. The zero-order valence-corrected chi connectivity index (χ0v) is 15.3. The molecule has 2 N–H and O–H groups in total. The van der Waals surface area contributed by atoms with E-state index in [0.29, 0.717) is 19.2 Å². The SMILES string of the molecule is Cc1nn(C2CCOCC2)cc1CNC1(CO)CCOc2ccccc21. The molecule has 1 aromatic carbocycles. The van der Waals surface area contributed by atoms with Crippen LogP contribution in [0.25, 0.3) is 0 Å². The number of hydrogen-bond acceptors (Lipinski definition) is 5. The van der Waals surface area contributed by atoms with Gasteiger partial charge < -0.3 is 19.9 Å². The van der Waals surface area contributed by atoms with Crippen molar-refractivity contribution in [3.05, 3.63) is 47.3 Å². The summed E-state index contributed by atoms with van der Waals surface area (Å²) in [6, 6.07) is 8.39. The molecule has 0 spiro atoms. The molecule has 2 aromatic rings. The van der Waals surface area contributed by atoms with Gasteiger partial charge in [0.1, 0.15) is 5.75 Å². The summed E-state index contributed by atoms with van der Waals surface area (Å²) in [5, 5.41) is 18.5. The standard InChI is InChI=1S/C20H27N3O3/c1-15-16(13-23(22-15)17-6-9-25-10-7-17)12-21-20(14-24)8-11-26-19-5-3-2-4-18(19)20/h2-5,13,17,21,24H,6-12,14H2,1H3. The summed E-state index contributed by atoms with van der Waals surface area (Å²) < 4.78 is 13.3. The van der Waals surface area contributed by atoms with Crippen LogP contribution in [0.4, 0.5) is 0 Å². The molecule has 2 aliphatic rings. The van der Waals surface area contributed by atoms with E-state index >= 15 is 0 Å². The highest BCUT2D eigenvalue weighted by Gasteiger charge is 2.37. The number of hydrogen-bond donors (Lipinski definition) is 2. The fourth-order valence-corrected chi connectivity index (χ4v) is 3.96. The Balaban J connectivity index is 1.52. The zero-order chi connectivity index (χ0) is 18.0. The van der Waals surface area contributed by atoms with Crippen LogP contribution in [-0.2, 0) is 16.8 Å². The predicted octanol–water partition coefficient (Wildman–Crippen LogP) is 2.30. The van der Waals surface area contributed by atoms with Crippen molar-refractivity contribution in [3.8, 4) is 5.75 Å². The van der Waals surface area contributed by atoms with Crippen LogP contribution < -0.4 is 10.1 Å². The summed E-state index contributed by atoms with van der Waals surface area (Å²) in [5.74, 6) is 0.856. The second-order valence-corrected chi connectivity index (χ2v) is 7.25. The quantitative estimate of drug-likeness (QED) is 0.859. The van der Waals surface area contributed by atoms with Crippen molar-refractivity contribution in [2.24, 2.45) is 0 Å². The lowest BCUT2D eigenvalue weighted by Gasteiger charge is -2.38. The molecular formula is C20H27N3O3. The smallest absolute Gasteiger partial charge is 0.124 e. The molecule has 1 saturated heterocycles. The maximum absolute atomic E-state index is 10.2. The lowest BCUT2D eigenvalue weighted by molar-refractivity contribution is 0.0661. The van der Waals surface area contributed by atoms with Crippen molar-refractivity contribution < 1.29 is 14.6 Å². The number of ether oxygens (including phenoxy) is 2. The van der Waals surface area contributed by atoms with Gasteiger partial charge in [0.2, 0.25) is 0 Å². The first kappa shape index (κ1) is 17.5. The summed E-state index contributed by atoms with van der Waals surface area (Å²) in [5.41, 5.74) is 2.77. The number of rotatable bonds is 5. The van der Waals surface area contributed by atoms with Gasteiger partial charge in [0.05, 0.1) is 30.5 Å². The largest absolute Gasteiger partial charge is 0.493 e. The minimum Gasteiger partial charge on any atom is -0.493 e. The molecule has 1 aromatic heterocycles. The van der Waals surface area contributed by atoms with Crippen LogP contribution in [0.3, 0.4) is 0 Å². The van der Waals surface area contributed by atoms with Gasteiger partial charge in [-0.1, -0.05) is 18.2 Å². The number of aliphatic hydroxyl groups is 1. The van der Waals surface area contributed by atoms with Gasteiger partial charge in [-0.05, 0) is 25.8 Å². The lowest BCUT2D eigenvalue weighted by atomic mass is 9.85. The van der Waals surface area contributed by atoms with Crippen molar-refractivity contribution in [2.75, 3.05) is 26.4 Å². The molecule has 0 saturated carbocycles. The normalized spacial score (nSPS) is 23.5. The van der Waals surface area contributed by atoms with Crippen LogP contribution in [-0.4, -0.2) is 41.3 Å². The fourth-order valence-electron chi connectivity index (χ4n) is 3.96. The van der Waals surface area contributed by atoms with Crippen LogP contribution in [0.5, 0.6) is 5.75 Å². The van der Waals surface area contributed by atoms with Crippen LogP contribution >= 0.6 is 0 Å². The highest BCUT2D eigenvalue weighted by Crippen LogP contribution is 2.37. The first-order chi connectivity index (χ1) is 12.7.